The molecule has 0 saturated carbocycles. The Labute approximate surface area is 139 Å². The third kappa shape index (κ3) is 2.60. The molecule has 124 valence electrons. The third-order valence-corrected chi connectivity index (χ3v) is 4.83. The van der Waals surface area contributed by atoms with Crippen molar-refractivity contribution in [3.63, 3.8) is 0 Å². The van der Waals surface area contributed by atoms with Gasteiger partial charge in [-0.2, -0.15) is 0 Å². The van der Waals surface area contributed by atoms with E-state index in [1.165, 1.54) is 13.3 Å². The van der Waals surface area contributed by atoms with Crippen LogP contribution >= 0.6 is 11.6 Å². The van der Waals surface area contributed by atoms with E-state index in [0.717, 1.165) is 11.8 Å². The van der Waals surface area contributed by atoms with Crippen LogP contribution in [0.1, 0.15) is 40.3 Å². The highest BCUT2D eigenvalue weighted by molar-refractivity contribution is 6.33. The lowest BCUT2D eigenvalue weighted by Gasteiger charge is -2.30. The molecule has 0 unspecified atom stereocenters. The Kier molecular flexibility index (Phi) is 4.06. The number of carbonyl (C=O) groups excluding carboxylic acids is 1. The van der Waals surface area contributed by atoms with Crippen molar-refractivity contribution in [3.8, 4) is 0 Å². The Hall–Kier alpha value is -1.66. The van der Waals surface area contributed by atoms with E-state index >= 15 is 0 Å². The minimum absolute atomic E-state index is 0.0217. The first-order chi connectivity index (χ1) is 10.9. The van der Waals surface area contributed by atoms with Gasteiger partial charge < -0.3 is 14.0 Å². The summed E-state index contributed by atoms with van der Waals surface area (Å²) in [6.45, 7) is 7.59. The van der Waals surface area contributed by atoms with Crippen molar-refractivity contribution in [2.24, 2.45) is 5.41 Å². The fraction of sp³-hybridized carbons (Fsp3) is 0.562. The first-order valence-electron chi connectivity index (χ1n) is 7.66. The van der Waals surface area contributed by atoms with Crippen molar-refractivity contribution < 1.29 is 14.3 Å². The lowest BCUT2D eigenvalue weighted by Crippen LogP contribution is -2.38. The van der Waals surface area contributed by atoms with Gasteiger partial charge in [-0.05, 0) is 12.5 Å². The number of hydrogen-bond acceptors (Lipinski definition) is 5. The Balaban J connectivity index is 2.08. The number of halogens is 1. The number of rotatable bonds is 3. The zero-order chi connectivity index (χ0) is 16.8. The van der Waals surface area contributed by atoms with Crippen LogP contribution in [0, 0.1) is 5.41 Å². The molecular formula is C16H20ClN3O3. The van der Waals surface area contributed by atoms with E-state index in [1.54, 1.807) is 0 Å². The summed E-state index contributed by atoms with van der Waals surface area (Å²) in [4.78, 5) is 19.9. The molecule has 0 amide bonds. The van der Waals surface area contributed by atoms with E-state index in [1.807, 2.05) is 16.8 Å². The smallest absolute Gasteiger partial charge is 0.303 e. The quantitative estimate of drug-likeness (QED) is 0.634. The van der Waals surface area contributed by atoms with Gasteiger partial charge in [-0.15, -0.1) is 0 Å². The molecule has 1 saturated heterocycles. The van der Waals surface area contributed by atoms with Gasteiger partial charge >= 0.3 is 5.97 Å². The highest BCUT2D eigenvalue weighted by Gasteiger charge is 2.52. The molecule has 6 nitrogen and oxygen atoms in total. The average Bonchev–Trinajstić information content (AvgIpc) is 3.00. The maximum absolute atomic E-state index is 11.6. The molecule has 0 aliphatic carbocycles. The molecule has 3 atom stereocenters. The minimum Gasteiger partial charge on any atom is -0.457 e. The van der Waals surface area contributed by atoms with Crippen molar-refractivity contribution >= 4 is 28.6 Å². The predicted octanol–water partition coefficient (Wildman–Crippen LogP) is 3.35. The molecule has 0 aromatic carbocycles. The van der Waals surface area contributed by atoms with Gasteiger partial charge in [-0.3, -0.25) is 4.79 Å². The first kappa shape index (κ1) is 16.2. The SMILES string of the molecule is CC[C@H]1O[C@@H](n2ccc3c(Cl)ncnc32)[C@H](OC(C)=O)C1(C)C. The van der Waals surface area contributed by atoms with Gasteiger partial charge in [0.25, 0.3) is 0 Å². The van der Waals surface area contributed by atoms with Crippen LogP contribution < -0.4 is 0 Å². The molecule has 1 aliphatic heterocycles. The van der Waals surface area contributed by atoms with Gasteiger partial charge in [0.15, 0.2) is 12.3 Å². The van der Waals surface area contributed by atoms with E-state index in [2.05, 4.69) is 30.7 Å². The maximum atomic E-state index is 11.6. The van der Waals surface area contributed by atoms with E-state index in [0.29, 0.717) is 10.8 Å². The summed E-state index contributed by atoms with van der Waals surface area (Å²) < 4.78 is 13.7. The molecule has 1 fully saturated rings. The topological polar surface area (TPSA) is 66.2 Å². The average molecular weight is 338 g/mol. The van der Waals surface area contributed by atoms with Crippen LogP contribution in [0.2, 0.25) is 5.15 Å². The van der Waals surface area contributed by atoms with Crippen LogP contribution in [0.5, 0.6) is 0 Å². The molecule has 1 aliphatic rings. The van der Waals surface area contributed by atoms with E-state index in [-0.39, 0.29) is 17.5 Å². The van der Waals surface area contributed by atoms with Crippen molar-refractivity contribution in [2.45, 2.75) is 52.6 Å². The molecule has 0 spiro atoms. The maximum Gasteiger partial charge on any atom is 0.303 e. The van der Waals surface area contributed by atoms with E-state index in [9.17, 15) is 4.79 Å². The van der Waals surface area contributed by atoms with Crippen LogP contribution in [-0.2, 0) is 14.3 Å². The van der Waals surface area contributed by atoms with Gasteiger partial charge in [0, 0.05) is 18.5 Å². The highest BCUT2D eigenvalue weighted by Crippen LogP contribution is 2.47. The second kappa shape index (κ2) is 5.76. The number of esters is 1. The second-order valence-electron chi connectivity index (χ2n) is 6.40. The zero-order valence-electron chi connectivity index (χ0n) is 13.6. The lowest BCUT2D eigenvalue weighted by atomic mass is 9.81. The summed E-state index contributed by atoms with van der Waals surface area (Å²) in [6, 6.07) is 1.85. The molecule has 0 N–H and O–H groups in total. The number of hydrogen-bond donors (Lipinski definition) is 0. The fourth-order valence-electron chi connectivity index (χ4n) is 3.33. The zero-order valence-corrected chi connectivity index (χ0v) is 14.4. The normalized spacial score (nSPS) is 26.6. The summed E-state index contributed by atoms with van der Waals surface area (Å²) >= 11 is 6.12. The largest absolute Gasteiger partial charge is 0.457 e. The minimum atomic E-state index is -0.442. The van der Waals surface area contributed by atoms with Gasteiger partial charge in [0.2, 0.25) is 0 Å². The Bertz CT molecular complexity index is 743. The molecule has 3 rings (SSSR count). The van der Waals surface area contributed by atoms with Crippen LogP contribution in [-0.4, -0.2) is 32.7 Å². The molecule has 2 aromatic rings. The summed E-state index contributed by atoms with van der Waals surface area (Å²) in [5, 5.41) is 1.14. The molecule has 2 aromatic heterocycles. The van der Waals surface area contributed by atoms with Crippen LogP contribution in [0.25, 0.3) is 11.0 Å². The standard InChI is InChI=1S/C16H20ClN3O3/c1-5-11-16(3,4)12(22-9(2)21)15(23-11)20-7-6-10-13(17)18-8-19-14(10)20/h6-8,11-12,15H,5H2,1-4H3/t11-,12+,15-/m1/s1. The molecular weight excluding hydrogens is 318 g/mol. The van der Waals surface area contributed by atoms with Gasteiger partial charge in [0.1, 0.15) is 17.1 Å². The highest BCUT2D eigenvalue weighted by atomic mass is 35.5. The fourth-order valence-corrected chi connectivity index (χ4v) is 3.52. The summed E-state index contributed by atoms with van der Waals surface area (Å²) in [7, 11) is 0. The van der Waals surface area contributed by atoms with Crippen molar-refractivity contribution in [2.75, 3.05) is 0 Å². The predicted molar refractivity (Wildman–Crippen MR) is 86.1 cm³/mol. The lowest BCUT2D eigenvalue weighted by molar-refractivity contribution is -0.155. The van der Waals surface area contributed by atoms with E-state index < -0.39 is 12.3 Å². The summed E-state index contributed by atoms with van der Waals surface area (Å²) in [6.07, 6.45) is 3.22. The van der Waals surface area contributed by atoms with Gasteiger partial charge in [0.05, 0.1) is 11.5 Å². The monoisotopic (exact) mass is 337 g/mol. The van der Waals surface area contributed by atoms with Gasteiger partial charge in [-0.25, -0.2) is 9.97 Å². The van der Waals surface area contributed by atoms with Crippen LogP contribution in [0.3, 0.4) is 0 Å². The van der Waals surface area contributed by atoms with Gasteiger partial charge in [-0.1, -0.05) is 32.4 Å². The summed E-state index contributed by atoms with van der Waals surface area (Å²) in [5.74, 6) is -0.322. The molecule has 7 heteroatoms. The molecule has 23 heavy (non-hydrogen) atoms. The Morgan fingerprint density at radius 2 is 2.22 bits per heavy atom. The van der Waals surface area contributed by atoms with Crippen LogP contribution in [0.15, 0.2) is 18.6 Å². The number of fused-ring (bicyclic) bond motifs is 1. The molecule has 0 radical (unpaired) electrons. The molecule has 3 heterocycles. The van der Waals surface area contributed by atoms with Crippen molar-refractivity contribution in [3.05, 3.63) is 23.7 Å². The number of carbonyl (C=O) groups is 1. The molecule has 0 bridgehead atoms. The van der Waals surface area contributed by atoms with Crippen molar-refractivity contribution in [1.82, 2.24) is 14.5 Å². The van der Waals surface area contributed by atoms with E-state index in [4.69, 9.17) is 21.1 Å². The number of ether oxygens (including phenoxy) is 2. The Morgan fingerprint density at radius 3 is 2.87 bits per heavy atom. The third-order valence-electron chi connectivity index (χ3n) is 4.52. The number of nitrogens with zero attached hydrogens (tertiary/aromatic N) is 3. The summed E-state index contributed by atoms with van der Waals surface area (Å²) in [5.41, 5.74) is 0.359. The number of aromatic nitrogens is 3. The Morgan fingerprint density at radius 1 is 1.48 bits per heavy atom. The first-order valence-corrected chi connectivity index (χ1v) is 8.03. The van der Waals surface area contributed by atoms with Crippen molar-refractivity contribution in [1.29, 1.82) is 0 Å². The second-order valence-corrected chi connectivity index (χ2v) is 6.76. The van der Waals surface area contributed by atoms with Crippen LogP contribution in [0.4, 0.5) is 0 Å².